The zero-order chi connectivity index (χ0) is 17.3. The Labute approximate surface area is 143 Å². The molecule has 0 amide bonds. The van der Waals surface area contributed by atoms with Gasteiger partial charge in [-0.05, 0) is 44.7 Å². The molecule has 3 rings (SSSR count). The van der Waals surface area contributed by atoms with Crippen LogP contribution in [0.5, 0.6) is 0 Å². The lowest BCUT2D eigenvalue weighted by atomic mass is 9.93. The Balaban J connectivity index is 1.84. The minimum atomic E-state index is -3.53. The van der Waals surface area contributed by atoms with Gasteiger partial charge in [0.15, 0.2) is 0 Å². The molecule has 0 radical (unpaired) electrons. The molecule has 1 fully saturated rings. The molecule has 130 valence electrons. The predicted octanol–water partition coefficient (Wildman–Crippen LogP) is 1.93. The Morgan fingerprint density at radius 1 is 1.29 bits per heavy atom. The summed E-state index contributed by atoms with van der Waals surface area (Å²) in [7, 11) is -3.53. The quantitative estimate of drug-likeness (QED) is 0.915. The van der Waals surface area contributed by atoms with Crippen LogP contribution in [0.3, 0.4) is 0 Å². The van der Waals surface area contributed by atoms with Crippen molar-refractivity contribution in [3.63, 3.8) is 0 Å². The second-order valence-corrected chi connectivity index (χ2v) is 8.52. The molecular weight excluding hydrogens is 324 g/mol. The van der Waals surface area contributed by atoms with Crippen molar-refractivity contribution in [2.75, 3.05) is 13.1 Å². The van der Waals surface area contributed by atoms with Gasteiger partial charge in [-0.3, -0.25) is 0 Å². The zero-order valence-corrected chi connectivity index (χ0v) is 14.9. The SMILES string of the molecule is Cc1ccc(-n2cc(S(=O)(=O)N3CCC[C@@H]([C@H](C)N)C3)cn2)cc1. The molecule has 0 saturated carbocycles. The summed E-state index contributed by atoms with van der Waals surface area (Å²) in [4.78, 5) is 0.230. The molecule has 1 saturated heterocycles. The molecule has 0 bridgehead atoms. The summed E-state index contributed by atoms with van der Waals surface area (Å²) in [6, 6.07) is 7.79. The first-order valence-electron chi connectivity index (χ1n) is 8.25. The highest BCUT2D eigenvalue weighted by atomic mass is 32.2. The van der Waals surface area contributed by atoms with Crippen molar-refractivity contribution < 1.29 is 8.42 Å². The van der Waals surface area contributed by atoms with Gasteiger partial charge < -0.3 is 5.73 Å². The molecule has 0 unspecified atom stereocenters. The molecule has 6 nitrogen and oxygen atoms in total. The molecule has 24 heavy (non-hydrogen) atoms. The largest absolute Gasteiger partial charge is 0.328 e. The van der Waals surface area contributed by atoms with Crippen LogP contribution in [0, 0.1) is 12.8 Å². The normalized spacial score (nSPS) is 20.9. The monoisotopic (exact) mass is 348 g/mol. The Kier molecular flexibility index (Phi) is 4.76. The molecule has 0 aliphatic carbocycles. The number of rotatable bonds is 4. The van der Waals surface area contributed by atoms with Gasteiger partial charge in [0.1, 0.15) is 4.90 Å². The van der Waals surface area contributed by atoms with Crippen LogP contribution in [0.15, 0.2) is 41.6 Å². The van der Waals surface area contributed by atoms with Crippen molar-refractivity contribution >= 4 is 10.0 Å². The third-order valence-corrected chi connectivity index (χ3v) is 6.48. The molecule has 2 atom stereocenters. The fourth-order valence-electron chi connectivity index (χ4n) is 3.05. The molecule has 2 heterocycles. The van der Waals surface area contributed by atoms with Crippen molar-refractivity contribution in [2.24, 2.45) is 11.7 Å². The zero-order valence-electron chi connectivity index (χ0n) is 14.1. The van der Waals surface area contributed by atoms with Gasteiger partial charge in [-0.1, -0.05) is 17.7 Å². The van der Waals surface area contributed by atoms with E-state index in [0.29, 0.717) is 13.1 Å². The average molecular weight is 348 g/mol. The number of piperidine rings is 1. The number of nitrogens with zero attached hydrogens (tertiary/aromatic N) is 3. The van der Waals surface area contributed by atoms with Gasteiger partial charge in [-0.2, -0.15) is 9.40 Å². The predicted molar refractivity (Wildman–Crippen MR) is 93.4 cm³/mol. The number of sulfonamides is 1. The summed E-state index contributed by atoms with van der Waals surface area (Å²) in [5, 5.41) is 4.22. The molecule has 0 spiro atoms. The number of aromatic nitrogens is 2. The van der Waals surface area contributed by atoms with Gasteiger partial charge in [0.05, 0.1) is 18.1 Å². The average Bonchev–Trinajstić information content (AvgIpc) is 3.06. The van der Waals surface area contributed by atoms with Crippen LogP contribution < -0.4 is 5.73 Å². The number of nitrogens with two attached hydrogens (primary N) is 1. The first-order valence-corrected chi connectivity index (χ1v) is 9.69. The molecule has 1 aliphatic rings. The van der Waals surface area contributed by atoms with Crippen LogP contribution in [0.2, 0.25) is 0 Å². The van der Waals surface area contributed by atoms with Crippen LogP contribution in [-0.4, -0.2) is 41.6 Å². The fourth-order valence-corrected chi connectivity index (χ4v) is 4.52. The van der Waals surface area contributed by atoms with E-state index in [1.54, 1.807) is 15.2 Å². The summed E-state index contributed by atoms with van der Waals surface area (Å²) in [5.41, 5.74) is 7.95. The molecule has 2 aromatic rings. The topological polar surface area (TPSA) is 81.2 Å². The Hall–Kier alpha value is -1.70. The van der Waals surface area contributed by atoms with Gasteiger partial charge in [0, 0.05) is 19.1 Å². The van der Waals surface area contributed by atoms with Gasteiger partial charge in [-0.25, -0.2) is 13.1 Å². The highest BCUT2D eigenvalue weighted by Gasteiger charge is 2.32. The lowest BCUT2D eigenvalue weighted by Crippen LogP contribution is -2.44. The minimum Gasteiger partial charge on any atom is -0.328 e. The summed E-state index contributed by atoms with van der Waals surface area (Å²) in [5.74, 6) is 0.209. The molecular formula is C17H24N4O2S. The van der Waals surface area contributed by atoms with E-state index < -0.39 is 10.0 Å². The summed E-state index contributed by atoms with van der Waals surface area (Å²) < 4.78 is 28.9. The minimum absolute atomic E-state index is 0.00159. The highest BCUT2D eigenvalue weighted by molar-refractivity contribution is 7.89. The maximum Gasteiger partial charge on any atom is 0.246 e. The number of benzene rings is 1. The number of hydrogen-bond donors (Lipinski definition) is 1. The summed E-state index contributed by atoms with van der Waals surface area (Å²) in [6.07, 6.45) is 4.82. The number of hydrogen-bond acceptors (Lipinski definition) is 4. The van der Waals surface area contributed by atoms with Gasteiger partial charge in [0.25, 0.3) is 0 Å². The van der Waals surface area contributed by atoms with Gasteiger partial charge >= 0.3 is 0 Å². The van der Waals surface area contributed by atoms with Crippen LogP contribution in [0.4, 0.5) is 0 Å². The van der Waals surface area contributed by atoms with Crippen LogP contribution in [0.25, 0.3) is 5.69 Å². The standard InChI is InChI=1S/C17H24N4O2S/c1-13-5-7-16(8-6-13)21-12-17(10-19-21)24(22,23)20-9-3-4-15(11-20)14(2)18/h5-8,10,12,14-15H,3-4,9,11,18H2,1-2H3/t14-,15+/m0/s1. The van der Waals surface area contributed by atoms with E-state index in [2.05, 4.69) is 5.10 Å². The van der Waals surface area contributed by atoms with E-state index in [-0.39, 0.29) is 16.9 Å². The van der Waals surface area contributed by atoms with E-state index in [1.807, 2.05) is 38.1 Å². The van der Waals surface area contributed by atoms with E-state index in [4.69, 9.17) is 5.73 Å². The Morgan fingerprint density at radius 3 is 2.67 bits per heavy atom. The van der Waals surface area contributed by atoms with E-state index >= 15 is 0 Å². The summed E-state index contributed by atoms with van der Waals surface area (Å²) >= 11 is 0. The second kappa shape index (κ2) is 6.66. The van der Waals surface area contributed by atoms with E-state index in [0.717, 1.165) is 24.1 Å². The van der Waals surface area contributed by atoms with Crippen molar-refractivity contribution in [2.45, 2.75) is 37.6 Å². The van der Waals surface area contributed by atoms with Crippen LogP contribution >= 0.6 is 0 Å². The van der Waals surface area contributed by atoms with Crippen molar-refractivity contribution in [3.05, 3.63) is 42.2 Å². The molecule has 1 aromatic carbocycles. The summed E-state index contributed by atoms with van der Waals surface area (Å²) in [6.45, 7) is 4.97. The van der Waals surface area contributed by atoms with Crippen LogP contribution in [0.1, 0.15) is 25.3 Å². The Morgan fingerprint density at radius 2 is 2.00 bits per heavy atom. The maximum atomic E-state index is 12.9. The fraction of sp³-hybridized carbons (Fsp3) is 0.471. The second-order valence-electron chi connectivity index (χ2n) is 6.58. The Bertz CT molecular complexity index is 796. The highest BCUT2D eigenvalue weighted by Crippen LogP contribution is 2.25. The first kappa shape index (κ1) is 17.1. The van der Waals surface area contributed by atoms with E-state index in [9.17, 15) is 8.42 Å². The van der Waals surface area contributed by atoms with Crippen molar-refractivity contribution in [1.82, 2.24) is 14.1 Å². The van der Waals surface area contributed by atoms with Crippen LogP contribution in [-0.2, 0) is 10.0 Å². The molecule has 2 N–H and O–H groups in total. The third kappa shape index (κ3) is 3.38. The molecule has 7 heteroatoms. The lowest BCUT2D eigenvalue weighted by Gasteiger charge is -2.33. The van der Waals surface area contributed by atoms with Gasteiger partial charge in [-0.15, -0.1) is 0 Å². The lowest BCUT2D eigenvalue weighted by molar-refractivity contribution is 0.243. The third-order valence-electron chi connectivity index (χ3n) is 4.66. The van der Waals surface area contributed by atoms with E-state index in [1.165, 1.54) is 6.20 Å². The number of aryl methyl sites for hydroxylation is 1. The maximum absolute atomic E-state index is 12.9. The molecule has 1 aliphatic heterocycles. The van der Waals surface area contributed by atoms with Crippen molar-refractivity contribution in [3.8, 4) is 5.69 Å². The van der Waals surface area contributed by atoms with Crippen molar-refractivity contribution in [1.29, 1.82) is 0 Å². The van der Waals surface area contributed by atoms with Gasteiger partial charge in [0.2, 0.25) is 10.0 Å². The first-order chi connectivity index (χ1) is 11.4. The smallest absolute Gasteiger partial charge is 0.246 e. The molecule has 1 aromatic heterocycles.